The van der Waals surface area contributed by atoms with Crippen molar-refractivity contribution in [2.75, 3.05) is 39.6 Å². The summed E-state index contributed by atoms with van der Waals surface area (Å²) < 4.78 is 68.5. The van der Waals surface area contributed by atoms with Crippen molar-refractivity contribution in [2.45, 2.75) is 395 Å². The van der Waals surface area contributed by atoms with Gasteiger partial charge in [-0.05, 0) is 49.4 Å². The molecule has 0 spiro atoms. The van der Waals surface area contributed by atoms with Crippen LogP contribution >= 0.6 is 15.6 Å². The summed E-state index contributed by atoms with van der Waals surface area (Å²) in [5, 5.41) is 10.6. The molecule has 4 unspecified atom stereocenters. The second kappa shape index (κ2) is 64.4. The fraction of sp³-hybridized carbons (Fsp3) is 0.947. The molecular formula is C75H146O17P2. The van der Waals surface area contributed by atoms with E-state index in [4.69, 9.17) is 37.0 Å². The topological polar surface area (TPSA) is 237 Å². The predicted octanol–water partition coefficient (Wildman–Crippen LogP) is 21.7. The summed E-state index contributed by atoms with van der Waals surface area (Å²) >= 11 is 0. The average Bonchev–Trinajstić information content (AvgIpc) is 1.85. The van der Waals surface area contributed by atoms with E-state index in [2.05, 4.69) is 55.4 Å². The van der Waals surface area contributed by atoms with Crippen molar-refractivity contribution in [1.29, 1.82) is 0 Å². The number of aliphatic hydroxyl groups excluding tert-OH is 1. The number of unbranched alkanes of at least 4 members (excludes halogenated alkanes) is 36. The van der Waals surface area contributed by atoms with Crippen LogP contribution in [-0.4, -0.2) is 96.7 Å². The van der Waals surface area contributed by atoms with E-state index in [1.165, 1.54) is 173 Å². The quantitative estimate of drug-likeness (QED) is 0.0222. The molecule has 94 heavy (non-hydrogen) atoms. The van der Waals surface area contributed by atoms with Crippen molar-refractivity contribution in [3.8, 4) is 0 Å². The van der Waals surface area contributed by atoms with Crippen molar-refractivity contribution in [1.82, 2.24) is 0 Å². The maximum atomic E-state index is 13.1. The van der Waals surface area contributed by atoms with Crippen LogP contribution in [0, 0.1) is 23.7 Å². The standard InChI is InChI=1S/C75H146O17P2/c1-9-67(7)53-45-37-29-23-17-13-11-12-14-18-24-30-39-47-55-72(77)85-61-70(91-74(79)57-49-41-31-25-19-15-16-21-27-35-43-51-65(3)4)63-89-93(81,82)87-59-69(76)60-88-94(83,84)90-64-71(62-86-73(78)56-48-40-34-33-38-46-54-68(8)10-2)92-75(80)58-50-42-32-26-20-22-28-36-44-52-66(5)6/h65-71,76H,9-64H2,1-8H3,(H,81,82)(H,83,84)/t67?,68?,69-,70-,71-/m1/s1. The average molecular weight is 1380 g/mol. The number of esters is 4. The largest absolute Gasteiger partial charge is 0.472 e. The lowest BCUT2D eigenvalue weighted by molar-refractivity contribution is -0.161. The molecule has 0 rings (SSSR count). The number of carbonyl (C=O) groups is 4. The fourth-order valence-electron chi connectivity index (χ4n) is 11.3. The SMILES string of the molecule is CCC(C)CCCCCCCCCCCCCCCCC(=O)OC[C@H](COP(=O)(O)OC[C@@H](O)COP(=O)(O)OC[C@@H](COC(=O)CCCCCCCCC(C)CC)OC(=O)CCCCCCCCCCCC(C)C)OC(=O)CCCCCCCCCCCCCC(C)C. The smallest absolute Gasteiger partial charge is 0.462 e. The molecule has 0 saturated carbocycles. The Morgan fingerprint density at radius 3 is 0.755 bits per heavy atom. The molecule has 0 radical (unpaired) electrons. The molecule has 19 heteroatoms. The third-order valence-corrected chi connectivity index (χ3v) is 19.9. The molecule has 0 saturated heterocycles. The van der Waals surface area contributed by atoms with Gasteiger partial charge in [0.1, 0.15) is 19.3 Å². The maximum Gasteiger partial charge on any atom is 0.472 e. The summed E-state index contributed by atoms with van der Waals surface area (Å²) in [5.41, 5.74) is 0. The van der Waals surface area contributed by atoms with Crippen LogP contribution in [0.4, 0.5) is 0 Å². The van der Waals surface area contributed by atoms with Crippen molar-refractivity contribution in [2.24, 2.45) is 23.7 Å². The van der Waals surface area contributed by atoms with E-state index < -0.39 is 97.5 Å². The number of aliphatic hydroxyl groups is 1. The summed E-state index contributed by atoms with van der Waals surface area (Å²) in [5.74, 6) is 0.959. The van der Waals surface area contributed by atoms with E-state index in [1.54, 1.807) is 0 Å². The van der Waals surface area contributed by atoms with E-state index in [-0.39, 0.29) is 25.7 Å². The molecule has 3 N–H and O–H groups in total. The molecule has 0 aromatic carbocycles. The van der Waals surface area contributed by atoms with E-state index in [1.807, 2.05) is 0 Å². The van der Waals surface area contributed by atoms with Gasteiger partial charge in [-0.25, -0.2) is 9.13 Å². The van der Waals surface area contributed by atoms with Crippen LogP contribution in [0.5, 0.6) is 0 Å². The highest BCUT2D eigenvalue weighted by Gasteiger charge is 2.30. The minimum atomic E-state index is -4.96. The Balaban J connectivity index is 5.24. The molecule has 17 nitrogen and oxygen atoms in total. The van der Waals surface area contributed by atoms with Gasteiger partial charge in [0.15, 0.2) is 12.2 Å². The monoisotopic (exact) mass is 1380 g/mol. The number of phosphoric acid groups is 2. The third kappa shape index (κ3) is 66.0. The van der Waals surface area contributed by atoms with Gasteiger partial charge in [0, 0.05) is 25.7 Å². The Morgan fingerprint density at radius 1 is 0.298 bits per heavy atom. The van der Waals surface area contributed by atoms with Gasteiger partial charge in [-0.3, -0.25) is 37.3 Å². The Hall–Kier alpha value is -1.94. The molecular weight excluding hydrogens is 1230 g/mol. The number of rotatable bonds is 72. The molecule has 0 aromatic heterocycles. The Bertz CT molecular complexity index is 1850. The normalized spacial score (nSPS) is 14.7. The lowest BCUT2D eigenvalue weighted by Crippen LogP contribution is -2.30. The van der Waals surface area contributed by atoms with E-state index in [0.29, 0.717) is 25.7 Å². The van der Waals surface area contributed by atoms with Crippen LogP contribution < -0.4 is 0 Å². The second-order valence-corrected chi connectivity index (χ2v) is 31.4. The summed E-state index contributed by atoms with van der Waals surface area (Å²) in [4.78, 5) is 72.8. The van der Waals surface area contributed by atoms with Gasteiger partial charge in [-0.1, -0.05) is 325 Å². The highest BCUT2D eigenvalue weighted by molar-refractivity contribution is 7.47. The van der Waals surface area contributed by atoms with Gasteiger partial charge in [0.2, 0.25) is 0 Å². The van der Waals surface area contributed by atoms with E-state index in [9.17, 15) is 43.2 Å². The maximum absolute atomic E-state index is 13.1. The van der Waals surface area contributed by atoms with Gasteiger partial charge < -0.3 is 33.8 Å². The molecule has 7 atom stereocenters. The molecule has 558 valence electrons. The number of hydrogen-bond acceptors (Lipinski definition) is 15. The van der Waals surface area contributed by atoms with Gasteiger partial charge >= 0.3 is 39.5 Å². The molecule has 0 bridgehead atoms. The molecule has 0 heterocycles. The lowest BCUT2D eigenvalue weighted by atomic mass is 9.99. The molecule has 0 aliphatic rings. The molecule has 0 aliphatic carbocycles. The Kier molecular flexibility index (Phi) is 63.1. The number of ether oxygens (including phenoxy) is 4. The first-order valence-electron chi connectivity index (χ1n) is 38.8. The van der Waals surface area contributed by atoms with Crippen LogP contribution in [0.1, 0.15) is 376 Å². The van der Waals surface area contributed by atoms with Crippen LogP contribution in [-0.2, 0) is 65.4 Å². The van der Waals surface area contributed by atoms with E-state index >= 15 is 0 Å². The zero-order valence-electron chi connectivity index (χ0n) is 61.6. The molecule has 0 aromatic rings. The highest BCUT2D eigenvalue weighted by atomic mass is 31.2. The second-order valence-electron chi connectivity index (χ2n) is 28.5. The van der Waals surface area contributed by atoms with Crippen LogP contribution in [0.2, 0.25) is 0 Å². The first-order valence-corrected chi connectivity index (χ1v) is 41.8. The number of hydrogen-bond donors (Lipinski definition) is 3. The van der Waals surface area contributed by atoms with Crippen molar-refractivity contribution < 1.29 is 80.2 Å². The minimum Gasteiger partial charge on any atom is -0.462 e. The fourth-order valence-corrected chi connectivity index (χ4v) is 12.9. The summed E-state index contributed by atoms with van der Waals surface area (Å²) in [6.07, 6.45) is 48.5. The van der Waals surface area contributed by atoms with Crippen molar-refractivity contribution in [3.05, 3.63) is 0 Å². The number of phosphoric ester groups is 2. The molecule has 0 aliphatic heterocycles. The van der Waals surface area contributed by atoms with Crippen molar-refractivity contribution in [3.63, 3.8) is 0 Å². The highest BCUT2D eigenvalue weighted by Crippen LogP contribution is 2.45. The van der Waals surface area contributed by atoms with Gasteiger partial charge in [-0.2, -0.15) is 0 Å². The lowest BCUT2D eigenvalue weighted by Gasteiger charge is -2.21. The number of carbonyl (C=O) groups excluding carboxylic acids is 4. The molecule has 0 amide bonds. The summed E-state index contributed by atoms with van der Waals surface area (Å²) in [6.45, 7) is 14.2. The van der Waals surface area contributed by atoms with Crippen LogP contribution in [0.15, 0.2) is 0 Å². The first-order chi connectivity index (χ1) is 45.2. The summed E-state index contributed by atoms with van der Waals surface area (Å²) in [7, 11) is -9.91. The van der Waals surface area contributed by atoms with E-state index in [0.717, 1.165) is 120 Å². The third-order valence-electron chi connectivity index (χ3n) is 18.0. The van der Waals surface area contributed by atoms with Crippen LogP contribution in [0.25, 0.3) is 0 Å². The van der Waals surface area contributed by atoms with Gasteiger partial charge in [-0.15, -0.1) is 0 Å². The summed E-state index contributed by atoms with van der Waals surface area (Å²) in [6, 6.07) is 0. The zero-order valence-corrected chi connectivity index (χ0v) is 63.4. The van der Waals surface area contributed by atoms with Crippen molar-refractivity contribution >= 4 is 39.5 Å². The van der Waals surface area contributed by atoms with Gasteiger partial charge in [0.05, 0.1) is 26.4 Å². The minimum absolute atomic E-state index is 0.104. The Labute approximate surface area is 575 Å². The zero-order chi connectivity index (χ0) is 69.6. The van der Waals surface area contributed by atoms with Crippen LogP contribution in [0.3, 0.4) is 0 Å². The van der Waals surface area contributed by atoms with Gasteiger partial charge in [0.25, 0.3) is 0 Å². The first kappa shape index (κ1) is 92.1. The molecule has 0 fully saturated rings. The Morgan fingerprint density at radius 2 is 0.511 bits per heavy atom. The predicted molar refractivity (Wildman–Crippen MR) is 381 cm³/mol.